The first kappa shape index (κ1) is 45.5. The highest BCUT2D eigenvalue weighted by Crippen LogP contribution is 2.42. The number of hydrogen-bond donors (Lipinski definition) is 2. The molecule has 2 saturated heterocycles. The second-order valence-electron chi connectivity index (χ2n) is 17.7. The van der Waals surface area contributed by atoms with Crippen LogP contribution in [0.1, 0.15) is 82.4 Å². The Morgan fingerprint density at radius 1 is 1.11 bits per heavy atom. The van der Waals surface area contributed by atoms with E-state index in [1.165, 1.54) is 23.2 Å². The molecule has 4 atom stereocenters. The first-order chi connectivity index (χ1) is 30.1. The zero-order valence-corrected chi connectivity index (χ0v) is 36.9. The Hall–Kier alpha value is -5.51. The third kappa shape index (κ3) is 9.85. The lowest BCUT2D eigenvalue weighted by Crippen LogP contribution is -2.61. The lowest BCUT2D eigenvalue weighted by Gasteiger charge is -2.38. The molecular formula is C48H58F2N6O7. The Labute approximate surface area is 367 Å². The van der Waals surface area contributed by atoms with Gasteiger partial charge in [0.15, 0.2) is 0 Å². The summed E-state index contributed by atoms with van der Waals surface area (Å²) in [5, 5.41) is 5.13. The van der Waals surface area contributed by atoms with Crippen molar-refractivity contribution in [3.05, 3.63) is 89.8 Å². The Kier molecular flexibility index (Phi) is 13.8. The van der Waals surface area contributed by atoms with Crippen LogP contribution in [0.5, 0.6) is 0 Å². The van der Waals surface area contributed by atoms with E-state index < -0.39 is 47.6 Å². The maximum absolute atomic E-state index is 14.8. The summed E-state index contributed by atoms with van der Waals surface area (Å²) in [6.45, 7) is 15.0. The predicted octanol–water partition coefficient (Wildman–Crippen LogP) is 6.73. The zero-order valence-electron chi connectivity index (χ0n) is 36.9. The second-order valence-corrected chi connectivity index (χ2v) is 17.7. The number of esters is 1. The largest absolute Gasteiger partial charge is 0.464 e. The first-order valence-electron chi connectivity index (χ1n) is 21.7. The maximum Gasteiger partial charge on any atom is 0.324 e. The summed E-state index contributed by atoms with van der Waals surface area (Å²) >= 11 is 0. The number of likely N-dealkylation sites (tertiary alicyclic amines) is 1. The van der Waals surface area contributed by atoms with E-state index in [-0.39, 0.29) is 49.9 Å². The van der Waals surface area contributed by atoms with Gasteiger partial charge in [-0.05, 0) is 91.8 Å². The third-order valence-electron chi connectivity index (χ3n) is 12.3. The molecule has 336 valence electrons. The number of nitrogens with one attached hydrogen (secondary N) is 2. The molecule has 2 aromatic carbocycles. The van der Waals surface area contributed by atoms with Gasteiger partial charge in [-0.25, -0.2) is 14.2 Å². The number of hydrogen-bond acceptors (Lipinski definition) is 9. The van der Waals surface area contributed by atoms with E-state index in [1.54, 1.807) is 31.2 Å². The highest BCUT2D eigenvalue weighted by molar-refractivity contribution is 5.95. The summed E-state index contributed by atoms with van der Waals surface area (Å²) in [5.41, 5.74) is 8.45. The summed E-state index contributed by atoms with van der Waals surface area (Å²) in [6.07, 6.45) is 0.889. The van der Waals surface area contributed by atoms with Gasteiger partial charge in [-0.3, -0.25) is 29.2 Å². The number of alkyl halides is 2. The smallest absolute Gasteiger partial charge is 0.324 e. The standard InChI is InChI=1S/C48H58F2N6O7/c1-8-41(57)54-24-34(25-54)62-26-28(3)45(58)52-39-20-30-18-32(21-33(19-30)44(49)50)31-14-15-40-36(22-31)37(43(55(40)9-2)35-12-10-16-51-42(35)29(4)61-7)23-48(5,6)27-63-47(60)38-13-11-17-56(53-38)46(39)59/h8,10,12,14-16,18-19,21-22,28-29,34,38-39,44,53H,1,9,11,13,17,20,23-27H2,2-7H3,(H,52,58)/t28?,29-,38-,39-/m0/s1. The number of fused-ring (bicyclic) bond motifs is 6. The number of amides is 3. The molecule has 3 amide bonds. The van der Waals surface area contributed by atoms with Crippen molar-refractivity contribution >= 4 is 34.6 Å². The molecule has 6 bridgehead atoms. The first-order valence-corrected chi connectivity index (χ1v) is 21.7. The van der Waals surface area contributed by atoms with E-state index in [2.05, 4.69) is 28.8 Å². The molecule has 63 heavy (non-hydrogen) atoms. The molecule has 1 unspecified atom stereocenters. The fourth-order valence-corrected chi connectivity index (χ4v) is 8.76. The van der Waals surface area contributed by atoms with Crippen LogP contribution in [-0.2, 0) is 52.8 Å². The number of aryl methyl sites for hydroxylation is 1. The molecule has 13 nitrogen and oxygen atoms in total. The number of rotatable bonds is 11. The number of nitrogens with zero attached hydrogens (tertiary/aromatic N) is 4. The number of carbonyl (C=O) groups is 4. The van der Waals surface area contributed by atoms with Crippen LogP contribution in [0.4, 0.5) is 8.78 Å². The zero-order chi connectivity index (χ0) is 45.2. The van der Waals surface area contributed by atoms with Crippen molar-refractivity contribution in [2.24, 2.45) is 11.3 Å². The van der Waals surface area contributed by atoms with Crippen molar-refractivity contribution in [3.63, 3.8) is 0 Å². The summed E-state index contributed by atoms with van der Waals surface area (Å²) in [4.78, 5) is 60.2. The molecule has 3 aliphatic heterocycles. The molecule has 7 rings (SSSR count). The van der Waals surface area contributed by atoms with Crippen LogP contribution < -0.4 is 10.7 Å². The van der Waals surface area contributed by atoms with Gasteiger partial charge in [-0.1, -0.05) is 45.5 Å². The average molecular weight is 869 g/mol. The highest BCUT2D eigenvalue weighted by atomic mass is 19.3. The van der Waals surface area contributed by atoms with Crippen molar-refractivity contribution in [2.75, 3.05) is 40.0 Å². The number of pyridine rings is 1. The topological polar surface area (TPSA) is 144 Å². The summed E-state index contributed by atoms with van der Waals surface area (Å²) < 4.78 is 49.6. The number of ether oxygens (including phenoxy) is 3. The number of cyclic esters (lactones) is 1. The van der Waals surface area contributed by atoms with Crippen LogP contribution in [0.15, 0.2) is 67.4 Å². The number of halogens is 2. The fourth-order valence-electron chi connectivity index (χ4n) is 8.76. The van der Waals surface area contributed by atoms with Crippen molar-refractivity contribution in [3.8, 4) is 22.4 Å². The van der Waals surface area contributed by atoms with Gasteiger partial charge in [0, 0.05) is 73.4 Å². The Morgan fingerprint density at radius 2 is 1.89 bits per heavy atom. The lowest BCUT2D eigenvalue weighted by molar-refractivity contribution is -0.155. The van der Waals surface area contributed by atoms with Gasteiger partial charge in [0.05, 0.1) is 42.7 Å². The summed E-state index contributed by atoms with van der Waals surface area (Å²) in [7, 11) is 1.65. The van der Waals surface area contributed by atoms with Gasteiger partial charge >= 0.3 is 5.97 Å². The van der Waals surface area contributed by atoms with Gasteiger partial charge in [0.2, 0.25) is 11.8 Å². The van der Waals surface area contributed by atoms with Crippen LogP contribution in [0.25, 0.3) is 33.3 Å². The molecule has 3 aliphatic rings. The quantitative estimate of drug-likeness (QED) is 0.124. The molecule has 0 saturated carbocycles. The van der Waals surface area contributed by atoms with Crippen LogP contribution in [0, 0.1) is 11.3 Å². The normalized spacial score (nSPS) is 20.5. The van der Waals surface area contributed by atoms with Crippen LogP contribution in [0.3, 0.4) is 0 Å². The summed E-state index contributed by atoms with van der Waals surface area (Å²) in [5.74, 6) is -2.39. The van der Waals surface area contributed by atoms with Gasteiger partial charge < -0.3 is 29.0 Å². The Balaban J connectivity index is 1.31. The van der Waals surface area contributed by atoms with Crippen molar-refractivity contribution in [1.82, 2.24) is 30.2 Å². The van der Waals surface area contributed by atoms with Gasteiger partial charge in [0.1, 0.15) is 12.1 Å². The fraction of sp³-hybridized carbons (Fsp3) is 0.479. The monoisotopic (exact) mass is 868 g/mol. The Morgan fingerprint density at radius 3 is 2.60 bits per heavy atom. The molecule has 2 aromatic heterocycles. The molecule has 15 heteroatoms. The van der Waals surface area contributed by atoms with E-state index in [0.29, 0.717) is 55.6 Å². The van der Waals surface area contributed by atoms with E-state index in [9.17, 15) is 28.0 Å². The van der Waals surface area contributed by atoms with Crippen LogP contribution >= 0.6 is 0 Å². The third-order valence-corrected chi connectivity index (χ3v) is 12.3. The number of methoxy groups -OCH3 is 1. The van der Waals surface area contributed by atoms with Crippen LogP contribution in [0.2, 0.25) is 0 Å². The molecule has 0 spiro atoms. The predicted molar refractivity (Wildman–Crippen MR) is 234 cm³/mol. The number of hydrazine groups is 1. The molecule has 5 heterocycles. The molecular weight excluding hydrogens is 811 g/mol. The minimum atomic E-state index is -2.82. The van der Waals surface area contributed by atoms with Gasteiger partial charge in [0.25, 0.3) is 12.3 Å². The molecule has 0 radical (unpaired) electrons. The number of carbonyl (C=O) groups excluding carboxylic acids is 4. The number of benzene rings is 2. The van der Waals surface area contributed by atoms with E-state index in [0.717, 1.165) is 33.4 Å². The second kappa shape index (κ2) is 19.1. The average Bonchev–Trinajstić information content (AvgIpc) is 3.57. The van der Waals surface area contributed by atoms with E-state index in [1.807, 2.05) is 51.1 Å². The van der Waals surface area contributed by atoms with E-state index in [4.69, 9.17) is 19.2 Å². The van der Waals surface area contributed by atoms with Crippen molar-refractivity contribution < 1.29 is 42.2 Å². The highest BCUT2D eigenvalue weighted by Gasteiger charge is 2.37. The maximum atomic E-state index is 14.8. The van der Waals surface area contributed by atoms with Gasteiger partial charge in [-0.15, -0.1) is 0 Å². The van der Waals surface area contributed by atoms with E-state index >= 15 is 0 Å². The Bertz CT molecular complexity index is 2380. The SMILES string of the molecule is C=CC(=O)N1CC(OCC(C)C(=O)N[C@H]2Cc3cc(cc(C(F)F)c3)-c3ccc4c(c3)c(c(-c3cccnc3[C@H](C)OC)n4CC)CC(C)(C)COC(=O)[C@@H]3CCCN(N3)C2=O)C1. The molecule has 2 fully saturated rings. The summed E-state index contributed by atoms with van der Waals surface area (Å²) in [6, 6.07) is 12.5. The van der Waals surface area contributed by atoms with Gasteiger partial charge in [-0.2, -0.15) is 0 Å². The van der Waals surface area contributed by atoms with Crippen LogP contribution in [-0.4, -0.2) is 101 Å². The minimum absolute atomic E-state index is 0.0320. The van der Waals surface area contributed by atoms with Crippen molar-refractivity contribution in [1.29, 1.82) is 0 Å². The minimum Gasteiger partial charge on any atom is -0.464 e. The van der Waals surface area contributed by atoms with Crippen molar-refractivity contribution in [2.45, 2.75) is 97.6 Å². The number of aromatic nitrogens is 2. The molecule has 4 aromatic rings. The molecule has 0 aliphatic carbocycles. The lowest BCUT2D eigenvalue weighted by atomic mass is 9.84. The molecule has 2 N–H and O–H groups in total.